The van der Waals surface area contributed by atoms with Gasteiger partial charge in [-0.3, -0.25) is 0 Å². The minimum absolute atomic E-state index is 0.155. The summed E-state index contributed by atoms with van der Waals surface area (Å²) in [5.41, 5.74) is 0. The van der Waals surface area contributed by atoms with Gasteiger partial charge in [-0.2, -0.15) is 8.61 Å². The van der Waals surface area contributed by atoms with Gasteiger partial charge in [0.15, 0.2) is 0 Å². The van der Waals surface area contributed by atoms with Crippen LogP contribution in [0.5, 0.6) is 0 Å². The van der Waals surface area contributed by atoms with E-state index in [-0.39, 0.29) is 9.79 Å². The SMILES string of the molecule is CCN1CCCN(S(=O)(=O)c2ccc(S(=O)(=O)N3CCCC3)cc2)CC1. The lowest BCUT2D eigenvalue weighted by Gasteiger charge is -2.21. The Hall–Kier alpha value is -1.00. The second kappa shape index (κ2) is 7.93. The summed E-state index contributed by atoms with van der Waals surface area (Å²) in [7, 11) is -7.12. The maximum atomic E-state index is 12.9. The molecule has 0 spiro atoms. The molecule has 0 aromatic heterocycles. The van der Waals surface area contributed by atoms with Crippen LogP contribution in [0, 0.1) is 0 Å². The minimum atomic E-state index is -3.60. The average molecular weight is 402 g/mol. The molecule has 26 heavy (non-hydrogen) atoms. The van der Waals surface area contributed by atoms with Gasteiger partial charge in [-0.25, -0.2) is 16.8 Å². The highest BCUT2D eigenvalue weighted by Gasteiger charge is 2.29. The van der Waals surface area contributed by atoms with Crippen LogP contribution in [0.1, 0.15) is 26.2 Å². The summed E-state index contributed by atoms with van der Waals surface area (Å²) >= 11 is 0. The number of rotatable bonds is 5. The lowest BCUT2D eigenvalue weighted by atomic mass is 10.4. The zero-order valence-corrected chi connectivity index (χ0v) is 16.8. The van der Waals surface area contributed by atoms with Gasteiger partial charge in [-0.15, -0.1) is 0 Å². The van der Waals surface area contributed by atoms with Crippen molar-refractivity contribution < 1.29 is 16.8 Å². The first-order valence-corrected chi connectivity index (χ1v) is 12.1. The van der Waals surface area contributed by atoms with E-state index in [1.54, 1.807) is 0 Å². The second-order valence-corrected chi connectivity index (χ2v) is 10.7. The lowest BCUT2D eigenvalue weighted by molar-refractivity contribution is 0.302. The van der Waals surface area contributed by atoms with E-state index < -0.39 is 20.0 Å². The molecule has 7 nitrogen and oxygen atoms in total. The average Bonchev–Trinajstić information content (AvgIpc) is 3.07. The smallest absolute Gasteiger partial charge is 0.243 e. The Labute approximate surface area is 156 Å². The van der Waals surface area contributed by atoms with Crippen molar-refractivity contribution >= 4 is 20.0 Å². The summed E-state index contributed by atoms with van der Waals surface area (Å²) in [4.78, 5) is 2.55. The molecule has 2 aliphatic heterocycles. The van der Waals surface area contributed by atoms with Gasteiger partial charge in [0.1, 0.15) is 0 Å². The Morgan fingerprint density at radius 3 is 1.65 bits per heavy atom. The molecule has 146 valence electrons. The molecule has 2 aliphatic rings. The third-order valence-electron chi connectivity index (χ3n) is 5.16. The monoisotopic (exact) mass is 401 g/mol. The van der Waals surface area contributed by atoms with Gasteiger partial charge < -0.3 is 4.90 Å². The fourth-order valence-electron chi connectivity index (χ4n) is 3.51. The van der Waals surface area contributed by atoms with E-state index in [9.17, 15) is 16.8 Å². The molecule has 9 heteroatoms. The molecule has 0 amide bonds. The Bertz CT molecular complexity index is 816. The van der Waals surface area contributed by atoms with Gasteiger partial charge >= 0.3 is 0 Å². The Morgan fingerprint density at radius 2 is 1.15 bits per heavy atom. The van der Waals surface area contributed by atoms with Gasteiger partial charge in [0.05, 0.1) is 9.79 Å². The molecule has 0 atom stereocenters. The molecule has 1 aromatic carbocycles. The Morgan fingerprint density at radius 1 is 0.692 bits per heavy atom. The van der Waals surface area contributed by atoms with Crippen LogP contribution in [-0.4, -0.2) is 76.2 Å². The first-order valence-electron chi connectivity index (χ1n) is 9.18. The van der Waals surface area contributed by atoms with Crippen LogP contribution in [-0.2, 0) is 20.0 Å². The van der Waals surface area contributed by atoms with E-state index in [0.717, 1.165) is 38.9 Å². The molecule has 0 saturated carbocycles. The highest BCUT2D eigenvalue weighted by molar-refractivity contribution is 7.89. The predicted molar refractivity (Wildman–Crippen MR) is 99.9 cm³/mol. The Kier molecular flexibility index (Phi) is 6.03. The Balaban J connectivity index is 1.79. The molecule has 0 aliphatic carbocycles. The van der Waals surface area contributed by atoms with Gasteiger partial charge in [-0.05, 0) is 56.6 Å². The molecule has 0 bridgehead atoms. The van der Waals surface area contributed by atoms with Crippen molar-refractivity contribution in [2.75, 3.05) is 45.8 Å². The van der Waals surface area contributed by atoms with Crippen LogP contribution in [0.15, 0.2) is 34.1 Å². The van der Waals surface area contributed by atoms with Crippen molar-refractivity contribution in [2.45, 2.75) is 36.0 Å². The molecule has 1 aromatic rings. The van der Waals surface area contributed by atoms with Crippen molar-refractivity contribution in [1.82, 2.24) is 13.5 Å². The number of likely N-dealkylation sites (N-methyl/N-ethyl adjacent to an activating group) is 1. The minimum Gasteiger partial charge on any atom is -0.302 e. The molecule has 0 N–H and O–H groups in total. The quantitative estimate of drug-likeness (QED) is 0.741. The normalized spacial score (nSPS) is 21.7. The highest BCUT2D eigenvalue weighted by Crippen LogP contribution is 2.24. The molecule has 3 rings (SSSR count). The third kappa shape index (κ3) is 3.96. The van der Waals surface area contributed by atoms with Crippen molar-refractivity contribution in [3.63, 3.8) is 0 Å². The summed E-state index contributed by atoms with van der Waals surface area (Å²) in [6.07, 6.45) is 2.54. The fraction of sp³-hybridized carbons (Fsp3) is 0.647. The van der Waals surface area contributed by atoms with Gasteiger partial charge in [0.25, 0.3) is 0 Å². The second-order valence-electron chi connectivity index (χ2n) is 6.77. The van der Waals surface area contributed by atoms with Crippen LogP contribution in [0.25, 0.3) is 0 Å². The van der Waals surface area contributed by atoms with Crippen molar-refractivity contribution in [3.8, 4) is 0 Å². The number of benzene rings is 1. The van der Waals surface area contributed by atoms with E-state index in [4.69, 9.17) is 0 Å². The van der Waals surface area contributed by atoms with Crippen LogP contribution < -0.4 is 0 Å². The summed E-state index contributed by atoms with van der Waals surface area (Å²) in [6, 6.07) is 5.66. The first-order chi connectivity index (χ1) is 12.4. The van der Waals surface area contributed by atoms with Crippen LogP contribution in [0.3, 0.4) is 0 Å². The lowest BCUT2D eigenvalue weighted by Crippen LogP contribution is -2.35. The number of sulfonamides is 2. The standard InChI is InChI=1S/C17H27N3O4S2/c1-2-18-10-5-13-20(15-14-18)26(23,24)17-8-6-16(7-9-17)25(21,22)19-11-3-4-12-19/h6-9H,2-5,10-15H2,1H3. The summed E-state index contributed by atoms with van der Waals surface area (Å²) < 4.78 is 53.9. The van der Waals surface area contributed by atoms with E-state index in [0.29, 0.717) is 26.2 Å². The topological polar surface area (TPSA) is 78.0 Å². The van der Waals surface area contributed by atoms with Crippen LogP contribution >= 0.6 is 0 Å². The molecular weight excluding hydrogens is 374 g/mol. The van der Waals surface area contributed by atoms with Crippen molar-refractivity contribution in [2.24, 2.45) is 0 Å². The zero-order valence-electron chi connectivity index (χ0n) is 15.2. The van der Waals surface area contributed by atoms with Crippen molar-refractivity contribution in [3.05, 3.63) is 24.3 Å². The summed E-state index contributed by atoms with van der Waals surface area (Å²) in [5, 5.41) is 0. The first kappa shape index (κ1) is 19.8. The number of hydrogen-bond donors (Lipinski definition) is 0. The fourth-order valence-corrected chi connectivity index (χ4v) is 6.50. The van der Waals surface area contributed by atoms with Gasteiger partial charge in [0, 0.05) is 32.7 Å². The van der Waals surface area contributed by atoms with Crippen LogP contribution in [0.2, 0.25) is 0 Å². The van der Waals surface area contributed by atoms with E-state index in [2.05, 4.69) is 11.8 Å². The van der Waals surface area contributed by atoms with Gasteiger partial charge in [0.2, 0.25) is 20.0 Å². The van der Waals surface area contributed by atoms with E-state index >= 15 is 0 Å². The van der Waals surface area contributed by atoms with E-state index in [1.165, 1.54) is 32.9 Å². The highest BCUT2D eigenvalue weighted by atomic mass is 32.2. The molecule has 0 unspecified atom stereocenters. The maximum Gasteiger partial charge on any atom is 0.243 e. The third-order valence-corrected chi connectivity index (χ3v) is 8.98. The van der Waals surface area contributed by atoms with Crippen LogP contribution in [0.4, 0.5) is 0 Å². The molecule has 2 heterocycles. The largest absolute Gasteiger partial charge is 0.302 e. The van der Waals surface area contributed by atoms with E-state index in [1.807, 2.05) is 0 Å². The number of nitrogens with zero attached hydrogens (tertiary/aromatic N) is 3. The maximum absolute atomic E-state index is 12.9. The summed E-state index contributed by atoms with van der Waals surface area (Å²) in [6.45, 7) is 6.62. The zero-order chi connectivity index (χ0) is 18.8. The van der Waals surface area contributed by atoms with Crippen molar-refractivity contribution in [1.29, 1.82) is 0 Å². The van der Waals surface area contributed by atoms with Gasteiger partial charge in [-0.1, -0.05) is 6.92 Å². The molecule has 0 radical (unpaired) electrons. The molecular formula is C17H27N3O4S2. The predicted octanol–water partition coefficient (Wildman–Crippen LogP) is 1.19. The molecule has 2 fully saturated rings. The molecule has 2 saturated heterocycles. The number of hydrogen-bond acceptors (Lipinski definition) is 5. The summed E-state index contributed by atoms with van der Waals surface area (Å²) in [5.74, 6) is 0.